The molecule has 110 valence electrons. The van der Waals surface area contributed by atoms with Gasteiger partial charge in [0.2, 0.25) is 5.91 Å². The average Bonchev–Trinajstić information content (AvgIpc) is 2.86. The number of hydrogen-bond acceptors (Lipinski definition) is 2. The lowest BCUT2D eigenvalue weighted by Crippen LogP contribution is -2.44. The van der Waals surface area contributed by atoms with Crippen LogP contribution in [0.5, 0.6) is 0 Å². The monoisotopic (exact) mass is 298 g/mol. The number of nitrogens with one attached hydrogen (secondary N) is 2. The molecule has 20 heavy (non-hydrogen) atoms. The van der Waals surface area contributed by atoms with Crippen LogP contribution in [0.15, 0.2) is 24.3 Å². The number of carbonyl (C=O) groups is 1. The van der Waals surface area contributed by atoms with Gasteiger partial charge in [0, 0.05) is 6.54 Å². The fourth-order valence-corrected chi connectivity index (χ4v) is 3.50. The quantitative estimate of drug-likeness (QED) is 0.881. The molecule has 2 atom stereocenters. The number of fused-ring (bicyclic) bond motifs is 1. The summed E-state index contributed by atoms with van der Waals surface area (Å²) < 4.78 is 13.6. The van der Waals surface area contributed by atoms with E-state index in [4.69, 9.17) is 0 Å². The summed E-state index contributed by atoms with van der Waals surface area (Å²) in [4.78, 5) is 12.6. The Morgan fingerprint density at radius 1 is 1.35 bits per heavy atom. The molecular weight excluding hydrogens is 279 g/mol. The molecule has 0 unspecified atom stereocenters. The molecule has 0 bridgehead atoms. The molecule has 1 aliphatic carbocycles. The first kappa shape index (κ1) is 15.3. The highest BCUT2D eigenvalue weighted by atomic mass is 35.5. The molecule has 0 radical (unpaired) electrons. The molecule has 2 N–H and O–H groups in total. The molecule has 3 rings (SSSR count). The van der Waals surface area contributed by atoms with Crippen LogP contribution in [0.25, 0.3) is 0 Å². The van der Waals surface area contributed by atoms with Crippen molar-refractivity contribution in [3.63, 3.8) is 0 Å². The Labute approximate surface area is 124 Å². The van der Waals surface area contributed by atoms with Gasteiger partial charge < -0.3 is 10.6 Å². The SMILES string of the molecule is Cl.O=C(Nc1ccccc1F)[C@@]12CCCC[C@H]1CNC2. The third kappa shape index (κ3) is 2.54. The lowest BCUT2D eigenvalue weighted by atomic mass is 9.67. The third-order valence-electron chi connectivity index (χ3n) is 4.61. The van der Waals surface area contributed by atoms with Crippen LogP contribution < -0.4 is 10.6 Å². The summed E-state index contributed by atoms with van der Waals surface area (Å²) >= 11 is 0. The second kappa shape index (κ2) is 6.10. The van der Waals surface area contributed by atoms with E-state index < -0.39 is 0 Å². The Hall–Kier alpha value is -1.13. The summed E-state index contributed by atoms with van der Waals surface area (Å²) in [6.07, 6.45) is 4.28. The number of rotatable bonds is 2. The molecule has 2 aliphatic rings. The molecule has 5 heteroatoms. The molecule has 1 saturated carbocycles. The molecular formula is C15H20ClFN2O. The largest absolute Gasteiger partial charge is 0.323 e. The molecule has 0 aromatic heterocycles. The summed E-state index contributed by atoms with van der Waals surface area (Å²) in [5.41, 5.74) is -0.0429. The van der Waals surface area contributed by atoms with Gasteiger partial charge in [-0.25, -0.2) is 4.39 Å². The maximum atomic E-state index is 13.6. The van der Waals surface area contributed by atoms with E-state index >= 15 is 0 Å². The van der Waals surface area contributed by atoms with Crippen LogP contribution in [0.1, 0.15) is 25.7 Å². The highest BCUT2D eigenvalue weighted by Gasteiger charge is 2.49. The normalized spacial score (nSPS) is 28.4. The van der Waals surface area contributed by atoms with Crippen molar-refractivity contribution in [1.82, 2.24) is 5.32 Å². The van der Waals surface area contributed by atoms with E-state index in [1.165, 1.54) is 12.5 Å². The molecule has 1 heterocycles. The van der Waals surface area contributed by atoms with Crippen LogP contribution in [-0.2, 0) is 4.79 Å². The number of halogens is 2. The van der Waals surface area contributed by atoms with E-state index in [0.29, 0.717) is 5.92 Å². The first-order valence-electron chi connectivity index (χ1n) is 6.99. The minimum Gasteiger partial charge on any atom is -0.323 e. The van der Waals surface area contributed by atoms with Crippen LogP contribution in [0.4, 0.5) is 10.1 Å². The lowest BCUT2D eigenvalue weighted by Gasteiger charge is -2.37. The summed E-state index contributed by atoms with van der Waals surface area (Å²) in [6, 6.07) is 6.36. The number of para-hydroxylation sites is 1. The third-order valence-corrected chi connectivity index (χ3v) is 4.61. The van der Waals surface area contributed by atoms with E-state index in [1.54, 1.807) is 18.2 Å². The van der Waals surface area contributed by atoms with E-state index in [2.05, 4.69) is 10.6 Å². The van der Waals surface area contributed by atoms with Gasteiger partial charge in [0.1, 0.15) is 5.82 Å². The topological polar surface area (TPSA) is 41.1 Å². The number of hydrogen-bond donors (Lipinski definition) is 2. The summed E-state index contributed by atoms with van der Waals surface area (Å²) in [6.45, 7) is 1.63. The zero-order valence-corrected chi connectivity index (χ0v) is 12.1. The van der Waals surface area contributed by atoms with Gasteiger partial charge >= 0.3 is 0 Å². The van der Waals surface area contributed by atoms with E-state index in [9.17, 15) is 9.18 Å². The minimum absolute atomic E-state index is 0. The van der Waals surface area contributed by atoms with Gasteiger partial charge in [-0.2, -0.15) is 0 Å². The van der Waals surface area contributed by atoms with Crippen molar-refractivity contribution < 1.29 is 9.18 Å². The first-order valence-corrected chi connectivity index (χ1v) is 6.99. The Balaban J connectivity index is 0.00000147. The van der Waals surface area contributed by atoms with E-state index in [1.807, 2.05) is 0 Å². The highest BCUT2D eigenvalue weighted by Crippen LogP contribution is 2.44. The van der Waals surface area contributed by atoms with Gasteiger partial charge in [0.25, 0.3) is 0 Å². The number of anilines is 1. The molecule has 1 aliphatic heterocycles. The fraction of sp³-hybridized carbons (Fsp3) is 0.533. The zero-order valence-electron chi connectivity index (χ0n) is 11.3. The molecule has 1 saturated heterocycles. The van der Waals surface area contributed by atoms with Crippen molar-refractivity contribution in [2.75, 3.05) is 18.4 Å². The van der Waals surface area contributed by atoms with Gasteiger partial charge in [-0.1, -0.05) is 25.0 Å². The highest BCUT2D eigenvalue weighted by molar-refractivity contribution is 5.96. The molecule has 0 spiro atoms. The number of benzene rings is 1. The van der Waals surface area contributed by atoms with Crippen molar-refractivity contribution in [2.24, 2.45) is 11.3 Å². The second-order valence-electron chi connectivity index (χ2n) is 5.66. The smallest absolute Gasteiger partial charge is 0.232 e. The maximum absolute atomic E-state index is 13.6. The van der Waals surface area contributed by atoms with Crippen LogP contribution in [-0.4, -0.2) is 19.0 Å². The van der Waals surface area contributed by atoms with Crippen molar-refractivity contribution in [2.45, 2.75) is 25.7 Å². The minimum atomic E-state index is -0.370. The van der Waals surface area contributed by atoms with Crippen LogP contribution in [0.3, 0.4) is 0 Å². The Morgan fingerprint density at radius 3 is 2.95 bits per heavy atom. The summed E-state index contributed by atoms with van der Waals surface area (Å²) in [5, 5.41) is 6.12. The molecule has 2 fully saturated rings. The summed E-state index contributed by atoms with van der Waals surface area (Å²) in [7, 11) is 0. The van der Waals surface area contributed by atoms with Crippen molar-refractivity contribution in [3.05, 3.63) is 30.1 Å². The molecule has 1 aromatic rings. The maximum Gasteiger partial charge on any atom is 0.232 e. The van der Waals surface area contributed by atoms with Gasteiger partial charge in [-0.05, 0) is 37.4 Å². The Morgan fingerprint density at radius 2 is 2.15 bits per heavy atom. The molecule has 3 nitrogen and oxygen atoms in total. The Kier molecular flexibility index (Phi) is 4.66. The standard InChI is InChI=1S/C15H19FN2O.ClH/c16-12-6-1-2-7-13(12)18-14(19)15-8-4-3-5-11(15)9-17-10-15;/h1-2,6-7,11,17H,3-5,8-10H2,(H,18,19);1H/t11-,15+;/m0./s1. The van der Waals surface area contributed by atoms with Crippen LogP contribution in [0.2, 0.25) is 0 Å². The van der Waals surface area contributed by atoms with Crippen LogP contribution in [0, 0.1) is 17.2 Å². The summed E-state index contributed by atoms with van der Waals surface area (Å²) in [5.74, 6) is 0.00545. The van der Waals surface area contributed by atoms with E-state index in [-0.39, 0.29) is 35.2 Å². The van der Waals surface area contributed by atoms with E-state index in [0.717, 1.165) is 32.4 Å². The first-order chi connectivity index (χ1) is 9.22. The van der Waals surface area contributed by atoms with Crippen molar-refractivity contribution in [1.29, 1.82) is 0 Å². The number of carbonyl (C=O) groups excluding carboxylic acids is 1. The van der Waals surface area contributed by atoms with Gasteiger partial charge in [0.05, 0.1) is 11.1 Å². The van der Waals surface area contributed by atoms with Gasteiger partial charge in [-0.15, -0.1) is 12.4 Å². The van der Waals surface area contributed by atoms with Gasteiger partial charge in [-0.3, -0.25) is 4.79 Å². The van der Waals surface area contributed by atoms with Crippen molar-refractivity contribution >= 4 is 24.0 Å². The Bertz CT molecular complexity index is 497. The number of amides is 1. The zero-order chi connectivity index (χ0) is 13.3. The van der Waals surface area contributed by atoms with Crippen LogP contribution >= 0.6 is 12.4 Å². The second-order valence-corrected chi connectivity index (χ2v) is 5.66. The molecule has 1 amide bonds. The van der Waals surface area contributed by atoms with Gasteiger partial charge in [0.15, 0.2) is 0 Å². The predicted molar refractivity (Wildman–Crippen MR) is 79.5 cm³/mol. The molecule has 1 aromatic carbocycles. The fourth-order valence-electron chi connectivity index (χ4n) is 3.50. The average molecular weight is 299 g/mol. The van der Waals surface area contributed by atoms with Crippen molar-refractivity contribution in [3.8, 4) is 0 Å². The lowest BCUT2D eigenvalue weighted by molar-refractivity contribution is -0.128. The predicted octanol–water partition coefficient (Wildman–Crippen LogP) is 2.97.